The lowest BCUT2D eigenvalue weighted by molar-refractivity contribution is -0.152. The fourth-order valence-corrected chi connectivity index (χ4v) is 16.8. The number of nitrogens with zero attached hydrogens (tertiary/aromatic N) is 3. The van der Waals surface area contributed by atoms with Crippen molar-refractivity contribution in [3.05, 3.63) is 190 Å². The molecular formula is C69H84F9N6O27P3. The van der Waals surface area contributed by atoms with Crippen LogP contribution in [0.1, 0.15) is 81.0 Å². The molecule has 3 saturated heterocycles. The number of hydrogen-bond acceptors (Lipinski definition) is 27. The number of H-pyrrole nitrogens is 3. The first-order valence-corrected chi connectivity index (χ1v) is 39.9. The molecule has 630 valence electrons. The SMILES string of the molecule is CC(C)OC(=O)[C@H](C)CP(=O)(OC[C@H]1O[C@@H](n2cc(F)c(=O)[nH]c2=O)C(F)(CF)[C@H]1O)Oc1ccccc1.CC(C)OC(=O)[C@H](C)C[P@@](=O)(OC[C@H]1O[C@@H](n2cc(F)c(=O)[nH]c2=O)C(F)(CF)[C@H]1O)Oc1ccccc1.CC(C)OC(=O)[C@H](C)C[P@](=O)(OC[C@H]1O[C@@H](n2cc(F)c(=O)[nH]c2=O)C(F)(CF)[C@H]1O)Oc1ccccc1. The zero-order chi connectivity index (χ0) is 84.8. The standard InChI is InChI=1S/3C23H28F3N2O9P/c3*1-13(2)35-20(31)14(3)11-38(33,37-15-7-5-4-6-8-15)34-10-17-18(29)23(26,12-24)21(36-17)28-9-16(25)19(30)27-22(28)32/h3*4-9,13-14,17-18,21,29H,10-12H2,1-3H3,(H,27,30,32)/t14-,17-,18+,21-,23?,38?;14-,17-,18+,21-,23?,38+;14-,17-,18+,21-,23?,38-/m111/s1. The molecule has 3 aromatic carbocycles. The molecule has 33 nitrogen and oxygen atoms in total. The zero-order valence-electron chi connectivity index (χ0n) is 62.1. The van der Waals surface area contributed by atoms with Gasteiger partial charge in [0.2, 0.25) is 34.5 Å². The zero-order valence-corrected chi connectivity index (χ0v) is 64.8. The van der Waals surface area contributed by atoms with Gasteiger partial charge in [-0.25, -0.2) is 54.4 Å². The molecule has 6 N–H and O–H groups in total. The lowest BCUT2D eigenvalue weighted by Gasteiger charge is -2.26. The molecule has 0 bridgehead atoms. The molecule has 0 amide bonds. The molecule has 18 atom stereocenters. The Kier molecular flexibility index (Phi) is 31.8. The third kappa shape index (κ3) is 23.1. The van der Waals surface area contributed by atoms with Crippen molar-refractivity contribution in [3.8, 4) is 17.2 Å². The second-order valence-electron chi connectivity index (χ2n) is 27.2. The highest BCUT2D eigenvalue weighted by Gasteiger charge is 2.62. The maximum atomic E-state index is 15.5. The Morgan fingerprint density at radius 2 is 0.640 bits per heavy atom. The van der Waals surface area contributed by atoms with Crippen molar-refractivity contribution in [1.82, 2.24) is 28.7 Å². The summed E-state index contributed by atoms with van der Waals surface area (Å²) in [6, 6.07) is 23.4. The molecular weight excluding hydrogens is 1610 g/mol. The quantitative estimate of drug-likeness (QED) is 0.0101. The average Bonchev–Trinajstić information content (AvgIpc) is 1.62. The highest BCUT2D eigenvalue weighted by molar-refractivity contribution is 7.55. The molecule has 45 heteroatoms. The Balaban J connectivity index is 0.000000237. The molecule has 0 radical (unpaired) electrons. The maximum Gasteiger partial charge on any atom is 0.380 e. The van der Waals surface area contributed by atoms with Crippen molar-refractivity contribution < 1.29 is 138 Å². The van der Waals surface area contributed by atoms with E-state index in [-0.39, 0.29) is 30.9 Å². The average molecular weight is 1690 g/mol. The number of benzene rings is 3. The molecule has 0 aliphatic carbocycles. The number of carbonyl (C=O) groups is 3. The smallest absolute Gasteiger partial charge is 0.380 e. The fourth-order valence-electron chi connectivity index (χ4n) is 11.2. The summed E-state index contributed by atoms with van der Waals surface area (Å²) in [6.07, 6.45) is -20.4. The van der Waals surface area contributed by atoms with Crippen LogP contribution in [0.25, 0.3) is 0 Å². The molecule has 6 aromatic rings. The van der Waals surface area contributed by atoms with E-state index in [1.165, 1.54) is 57.2 Å². The van der Waals surface area contributed by atoms with Crippen molar-refractivity contribution in [2.45, 2.75) is 153 Å². The van der Waals surface area contributed by atoms with Crippen LogP contribution in [-0.2, 0) is 70.1 Å². The van der Waals surface area contributed by atoms with Crippen LogP contribution >= 0.6 is 22.8 Å². The molecule has 4 unspecified atom stereocenters. The molecule has 114 heavy (non-hydrogen) atoms. The van der Waals surface area contributed by atoms with Crippen LogP contribution in [0.5, 0.6) is 17.2 Å². The van der Waals surface area contributed by atoms with E-state index in [0.717, 1.165) is 0 Å². The highest BCUT2D eigenvalue weighted by atomic mass is 31.2. The number of aromatic nitrogens is 6. The van der Waals surface area contributed by atoms with Crippen molar-refractivity contribution in [3.63, 3.8) is 0 Å². The molecule has 0 saturated carbocycles. The number of aromatic amines is 3. The van der Waals surface area contributed by atoms with Crippen molar-refractivity contribution >= 4 is 40.7 Å². The van der Waals surface area contributed by atoms with Gasteiger partial charge in [0.1, 0.15) is 73.9 Å². The first-order valence-electron chi connectivity index (χ1n) is 34.7. The summed E-state index contributed by atoms with van der Waals surface area (Å²) in [7, 11) is -12.7. The number of ether oxygens (including phenoxy) is 6. The number of nitrogens with one attached hydrogen (secondary N) is 3. The number of aliphatic hydroxyl groups excluding tert-OH is 3. The minimum atomic E-state index is -4.22. The van der Waals surface area contributed by atoms with Gasteiger partial charge in [0.15, 0.2) is 18.7 Å². The van der Waals surface area contributed by atoms with Gasteiger partial charge in [-0.3, -0.25) is 71.0 Å². The Labute approximate surface area is 641 Å². The number of esters is 3. The lowest BCUT2D eigenvalue weighted by Crippen LogP contribution is -2.48. The number of carbonyl (C=O) groups excluding carboxylic acids is 3. The number of para-hydroxylation sites is 3. The van der Waals surface area contributed by atoms with Crippen LogP contribution in [0.15, 0.2) is 138 Å². The Bertz CT molecular complexity index is 4340. The fraction of sp³-hybridized carbons (Fsp3) is 0.522. The molecule has 9 rings (SSSR count). The maximum absolute atomic E-state index is 15.5. The summed E-state index contributed by atoms with van der Waals surface area (Å²) in [6.45, 7) is 5.98. The summed E-state index contributed by atoms with van der Waals surface area (Å²) in [5.41, 5.74) is -17.9. The van der Waals surface area contributed by atoms with E-state index in [2.05, 4.69) is 0 Å². The van der Waals surface area contributed by atoms with E-state index >= 15 is 13.2 Å². The van der Waals surface area contributed by atoms with Gasteiger partial charge in [0, 0.05) is 0 Å². The normalized spacial score (nSPS) is 25.6. The summed E-state index contributed by atoms with van der Waals surface area (Å²) in [5, 5.41) is 31.5. The molecule has 3 aromatic heterocycles. The first-order chi connectivity index (χ1) is 53.4. The third-order valence-electron chi connectivity index (χ3n) is 16.8. The van der Waals surface area contributed by atoms with E-state index in [1.807, 2.05) is 0 Å². The largest absolute Gasteiger partial charge is 0.463 e. The van der Waals surface area contributed by atoms with Crippen LogP contribution in [0.4, 0.5) is 39.5 Å². The van der Waals surface area contributed by atoms with E-state index < -0.39 is 259 Å². The molecule has 0 spiro atoms. The molecule has 3 fully saturated rings. The summed E-state index contributed by atoms with van der Waals surface area (Å²) >= 11 is 0. The van der Waals surface area contributed by atoms with Crippen molar-refractivity contribution in [2.75, 3.05) is 58.3 Å². The van der Waals surface area contributed by atoms with Gasteiger partial charge in [0.05, 0.1) is 93.0 Å². The number of alkyl halides is 6. The van der Waals surface area contributed by atoms with E-state index in [1.54, 1.807) is 111 Å². The second-order valence-corrected chi connectivity index (χ2v) is 33.3. The Morgan fingerprint density at radius 3 is 0.842 bits per heavy atom. The monoisotopic (exact) mass is 1690 g/mol. The summed E-state index contributed by atoms with van der Waals surface area (Å²) < 4.78 is 235. The third-order valence-corrected chi connectivity index (χ3v) is 22.9. The number of aliphatic hydroxyl groups is 3. The van der Waals surface area contributed by atoms with E-state index in [0.29, 0.717) is 18.6 Å². The van der Waals surface area contributed by atoms with Gasteiger partial charge < -0.3 is 57.3 Å². The molecule has 3 aliphatic heterocycles. The van der Waals surface area contributed by atoms with Crippen LogP contribution in [0.2, 0.25) is 0 Å². The molecule has 6 heterocycles. The lowest BCUT2D eigenvalue weighted by atomic mass is 9.97. The predicted octanol–water partition coefficient (Wildman–Crippen LogP) is 7.46. The van der Waals surface area contributed by atoms with Gasteiger partial charge in [-0.1, -0.05) is 75.4 Å². The first kappa shape index (κ1) is 92.4. The number of rotatable bonds is 33. The highest BCUT2D eigenvalue weighted by Crippen LogP contribution is 2.55. The van der Waals surface area contributed by atoms with Crippen molar-refractivity contribution in [1.29, 1.82) is 0 Å². The van der Waals surface area contributed by atoms with Gasteiger partial charge >= 0.3 is 57.8 Å². The van der Waals surface area contributed by atoms with E-state index in [9.17, 15) is 98.5 Å². The van der Waals surface area contributed by atoms with E-state index in [4.69, 9.17) is 55.6 Å². The van der Waals surface area contributed by atoms with Gasteiger partial charge in [0.25, 0.3) is 16.7 Å². The predicted molar refractivity (Wildman–Crippen MR) is 381 cm³/mol. The van der Waals surface area contributed by atoms with Crippen LogP contribution in [0, 0.1) is 35.2 Å². The van der Waals surface area contributed by atoms with Crippen LogP contribution < -0.4 is 47.3 Å². The second kappa shape index (κ2) is 39.2. The minimum Gasteiger partial charge on any atom is -0.463 e. The van der Waals surface area contributed by atoms with Gasteiger partial charge in [-0.2, -0.15) is 13.2 Å². The molecule has 3 aliphatic rings. The number of halogens is 9. The Morgan fingerprint density at radius 1 is 0.421 bits per heavy atom. The summed E-state index contributed by atoms with van der Waals surface area (Å²) in [4.78, 5) is 112. The Hall–Kier alpha value is -8.79. The van der Waals surface area contributed by atoms with Gasteiger partial charge in [-0.15, -0.1) is 0 Å². The topological polar surface area (TPSA) is 438 Å². The summed E-state index contributed by atoms with van der Waals surface area (Å²) in [5.74, 6) is -9.05. The van der Waals surface area contributed by atoms with Crippen molar-refractivity contribution in [2.24, 2.45) is 17.8 Å². The number of hydrogen-bond donors (Lipinski definition) is 6. The van der Waals surface area contributed by atoms with Gasteiger partial charge in [-0.05, 0) is 77.9 Å². The van der Waals surface area contributed by atoms with Crippen LogP contribution in [0.3, 0.4) is 0 Å². The van der Waals surface area contributed by atoms with Crippen LogP contribution in [-0.4, -0.2) is 192 Å². The minimum absolute atomic E-state index is 0.116.